The summed E-state index contributed by atoms with van der Waals surface area (Å²) < 4.78 is 4.99. The molecule has 0 aromatic heterocycles. The van der Waals surface area contributed by atoms with E-state index in [1.807, 2.05) is 38.1 Å². The molecule has 0 saturated heterocycles. The van der Waals surface area contributed by atoms with Gasteiger partial charge in [0.15, 0.2) is 0 Å². The van der Waals surface area contributed by atoms with Crippen LogP contribution in [0.25, 0.3) is 0 Å². The highest BCUT2D eigenvalue weighted by molar-refractivity contribution is 5.92. The molecule has 0 saturated carbocycles. The molecule has 1 heterocycles. The van der Waals surface area contributed by atoms with Crippen molar-refractivity contribution in [2.75, 3.05) is 20.3 Å². The molecule has 1 aliphatic rings. The zero-order valence-electron chi connectivity index (χ0n) is 13.5. The van der Waals surface area contributed by atoms with Gasteiger partial charge in [-0.1, -0.05) is 24.3 Å². The van der Waals surface area contributed by atoms with Gasteiger partial charge >= 0.3 is 0 Å². The van der Waals surface area contributed by atoms with Crippen LogP contribution >= 0.6 is 0 Å². The molecule has 0 radical (unpaired) electrons. The molecule has 0 unspecified atom stereocenters. The highest BCUT2D eigenvalue weighted by Crippen LogP contribution is 2.32. The molecule has 5 nitrogen and oxygen atoms in total. The topological polar surface area (TPSA) is 58.6 Å². The lowest BCUT2D eigenvalue weighted by atomic mass is 9.90. The highest BCUT2D eigenvalue weighted by Gasteiger charge is 2.38. The summed E-state index contributed by atoms with van der Waals surface area (Å²) in [5, 5.41) is 2.92. The van der Waals surface area contributed by atoms with Gasteiger partial charge in [-0.3, -0.25) is 9.59 Å². The number of fused-ring (bicyclic) bond motifs is 1. The minimum absolute atomic E-state index is 0.00532. The molecule has 0 bridgehead atoms. The molecule has 2 amide bonds. The smallest absolute Gasteiger partial charge is 0.247 e. The lowest BCUT2D eigenvalue weighted by Gasteiger charge is -2.39. The Hall–Kier alpha value is -1.88. The summed E-state index contributed by atoms with van der Waals surface area (Å²) in [5.41, 5.74) is 1.88. The average Bonchev–Trinajstić information content (AvgIpc) is 2.49. The van der Waals surface area contributed by atoms with Gasteiger partial charge in [0.1, 0.15) is 6.04 Å². The van der Waals surface area contributed by atoms with Gasteiger partial charge in [-0.25, -0.2) is 0 Å². The van der Waals surface area contributed by atoms with Crippen LogP contribution in [0.5, 0.6) is 0 Å². The maximum Gasteiger partial charge on any atom is 0.247 e. The van der Waals surface area contributed by atoms with Crippen molar-refractivity contribution in [3.8, 4) is 0 Å². The monoisotopic (exact) mass is 304 g/mol. The molecule has 1 aliphatic heterocycles. The standard InChI is InChI=1S/C17H24N2O3/c1-12(2)19-15(20)11-13-7-4-5-8-14(13)16(19)17(21)18-9-6-10-22-3/h4-5,7-8,12,16H,6,9-11H2,1-3H3,(H,18,21)/t16-/m1/s1. The molecule has 5 heteroatoms. The van der Waals surface area contributed by atoms with Gasteiger partial charge in [-0.15, -0.1) is 0 Å². The maximum absolute atomic E-state index is 12.6. The van der Waals surface area contributed by atoms with Crippen LogP contribution in [-0.2, 0) is 20.7 Å². The Morgan fingerprint density at radius 1 is 1.41 bits per heavy atom. The SMILES string of the molecule is COCCCNC(=O)[C@H]1c2ccccc2CC(=O)N1C(C)C. The molecule has 1 aromatic carbocycles. The van der Waals surface area contributed by atoms with Crippen LogP contribution in [0.4, 0.5) is 0 Å². The number of nitrogens with one attached hydrogen (secondary N) is 1. The third-order valence-corrected chi connectivity index (χ3v) is 3.89. The lowest BCUT2D eigenvalue weighted by Crippen LogP contribution is -2.50. The second-order valence-corrected chi connectivity index (χ2v) is 5.81. The fraction of sp³-hybridized carbons (Fsp3) is 0.529. The van der Waals surface area contributed by atoms with Crippen LogP contribution in [0.3, 0.4) is 0 Å². The molecule has 1 N–H and O–H groups in total. The lowest BCUT2D eigenvalue weighted by molar-refractivity contribution is -0.143. The number of benzene rings is 1. The number of hydrogen-bond acceptors (Lipinski definition) is 3. The Kier molecular flexibility index (Phi) is 5.55. The second kappa shape index (κ2) is 7.40. The molecular weight excluding hydrogens is 280 g/mol. The van der Waals surface area contributed by atoms with Crippen LogP contribution < -0.4 is 5.32 Å². The van der Waals surface area contributed by atoms with Crippen LogP contribution in [0.2, 0.25) is 0 Å². The fourth-order valence-corrected chi connectivity index (χ4v) is 2.89. The van der Waals surface area contributed by atoms with Gasteiger partial charge in [-0.2, -0.15) is 0 Å². The Bertz CT molecular complexity index is 542. The third kappa shape index (κ3) is 3.47. The van der Waals surface area contributed by atoms with Gasteiger partial charge < -0.3 is 15.0 Å². The first-order chi connectivity index (χ1) is 10.6. The van der Waals surface area contributed by atoms with E-state index < -0.39 is 6.04 Å². The van der Waals surface area contributed by atoms with E-state index in [2.05, 4.69) is 5.32 Å². The summed E-state index contributed by atoms with van der Waals surface area (Å²) in [7, 11) is 1.64. The predicted octanol–water partition coefficient (Wildman–Crippen LogP) is 1.67. The van der Waals surface area contributed by atoms with Crippen molar-refractivity contribution in [3.63, 3.8) is 0 Å². The fourth-order valence-electron chi connectivity index (χ4n) is 2.89. The van der Waals surface area contributed by atoms with Crippen LogP contribution in [0.15, 0.2) is 24.3 Å². The molecular formula is C17H24N2O3. The Labute approximate surface area is 131 Å². The zero-order valence-corrected chi connectivity index (χ0v) is 13.5. The molecule has 2 rings (SSSR count). The van der Waals surface area contributed by atoms with E-state index in [0.29, 0.717) is 19.6 Å². The van der Waals surface area contributed by atoms with Crippen molar-refractivity contribution < 1.29 is 14.3 Å². The summed E-state index contributed by atoms with van der Waals surface area (Å²) in [4.78, 5) is 26.7. The van der Waals surface area contributed by atoms with E-state index in [4.69, 9.17) is 4.74 Å². The summed E-state index contributed by atoms with van der Waals surface area (Å²) in [6.45, 7) is 5.04. The van der Waals surface area contributed by atoms with E-state index >= 15 is 0 Å². The van der Waals surface area contributed by atoms with Gasteiger partial charge in [0, 0.05) is 26.3 Å². The zero-order chi connectivity index (χ0) is 16.1. The number of methoxy groups -OCH3 is 1. The minimum atomic E-state index is -0.542. The number of nitrogens with zero attached hydrogens (tertiary/aromatic N) is 1. The number of carbonyl (C=O) groups is 2. The number of carbonyl (C=O) groups excluding carboxylic acids is 2. The molecule has 22 heavy (non-hydrogen) atoms. The minimum Gasteiger partial charge on any atom is -0.385 e. The molecule has 1 aromatic rings. The first kappa shape index (κ1) is 16.5. The molecule has 120 valence electrons. The van der Waals surface area contributed by atoms with Crippen LogP contribution in [0.1, 0.15) is 37.4 Å². The summed E-state index contributed by atoms with van der Waals surface area (Å²) in [6, 6.07) is 7.13. The van der Waals surface area contributed by atoms with E-state index in [9.17, 15) is 9.59 Å². The van der Waals surface area contributed by atoms with Gasteiger partial charge in [0.2, 0.25) is 11.8 Å². The summed E-state index contributed by atoms with van der Waals surface area (Å²) in [5.74, 6) is -0.115. The predicted molar refractivity (Wildman–Crippen MR) is 84.4 cm³/mol. The number of rotatable bonds is 6. The van der Waals surface area contributed by atoms with Crippen molar-refractivity contribution in [3.05, 3.63) is 35.4 Å². The molecule has 0 spiro atoms. The Morgan fingerprint density at radius 3 is 2.82 bits per heavy atom. The van der Waals surface area contributed by atoms with Crippen molar-refractivity contribution in [1.29, 1.82) is 0 Å². The van der Waals surface area contributed by atoms with Gasteiger partial charge in [-0.05, 0) is 31.4 Å². The van der Waals surface area contributed by atoms with E-state index in [0.717, 1.165) is 17.5 Å². The third-order valence-electron chi connectivity index (χ3n) is 3.89. The van der Waals surface area contributed by atoms with E-state index in [1.54, 1.807) is 12.0 Å². The summed E-state index contributed by atoms with van der Waals surface area (Å²) >= 11 is 0. The van der Waals surface area contributed by atoms with Gasteiger partial charge in [0.05, 0.1) is 6.42 Å². The van der Waals surface area contributed by atoms with E-state index in [1.165, 1.54) is 0 Å². The molecule has 0 aliphatic carbocycles. The second-order valence-electron chi connectivity index (χ2n) is 5.81. The van der Waals surface area contributed by atoms with Crippen LogP contribution in [0, 0.1) is 0 Å². The molecule has 0 fully saturated rings. The highest BCUT2D eigenvalue weighted by atomic mass is 16.5. The van der Waals surface area contributed by atoms with Crippen LogP contribution in [-0.4, -0.2) is 43.0 Å². The normalized spacial score (nSPS) is 17.5. The first-order valence-corrected chi connectivity index (χ1v) is 7.72. The number of amides is 2. The molecule has 1 atom stereocenters. The quantitative estimate of drug-likeness (QED) is 0.813. The van der Waals surface area contributed by atoms with E-state index in [-0.39, 0.29) is 17.9 Å². The number of hydrogen-bond donors (Lipinski definition) is 1. The van der Waals surface area contributed by atoms with Crippen molar-refractivity contribution in [1.82, 2.24) is 10.2 Å². The summed E-state index contributed by atoms with van der Waals surface area (Å²) in [6.07, 6.45) is 1.12. The maximum atomic E-state index is 12.6. The largest absolute Gasteiger partial charge is 0.385 e. The van der Waals surface area contributed by atoms with Crippen molar-refractivity contribution in [2.45, 2.75) is 38.8 Å². The first-order valence-electron chi connectivity index (χ1n) is 7.72. The van der Waals surface area contributed by atoms with Crippen molar-refractivity contribution in [2.24, 2.45) is 0 Å². The number of ether oxygens (including phenoxy) is 1. The average molecular weight is 304 g/mol. The Morgan fingerprint density at radius 2 is 2.14 bits per heavy atom. The van der Waals surface area contributed by atoms with Crippen molar-refractivity contribution >= 4 is 11.8 Å². The van der Waals surface area contributed by atoms with Gasteiger partial charge in [0.25, 0.3) is 0 Å². The Balaban J connectivity index is 2.23.